The smallest absolute Gasteiger partial charge is 0.360 e. The third-order valence-corrected chi connectivity index (χ3v) is 9.73. The number of esters is 1. The number of fused-ring (bicyclic) bond motifs is 4. The third-order valence-electron chi connectivity index (χ3n) is 9.73. The minimum Gasteiger partial charge on any atom is -0.469 e. The van der Waals surface area contributed by atoms with Crippen molar-refractivity contribution in [2.45, 2.75) is 76.3 Å². The first-order chi connectivity index (χ1) is 23.0. The number of amides is 2. The number of carbonyl (C=O) groups is 3. The molecule has 0 aliphatic carbocycles. The Labute approximate surface area is 276 Å². The van der Waals surface area contributed by atoms with Crippen LogP contribution in [0.2, 0.25) is 0 Å². The van der Waals surface area contributed by atoms with E-state index in [1.165, 1.54) is 13.4 Å². The first-order valence-corrected chi connectivity index (χ1v) is 16.1. The molecule has 2 aromatic carbocycles. The summed E-state index contributed by atoms with van der Waals surface area (Å²) in [5.41, 5.74) is 0.628. The van der Waals surface area contributed by atoms with Gasteiger partial charge in [0.15, 0.2) is 23.4 Å². The Morgan fingerprint density at radius 1 is 1.12 bits per heavy atom. The van der Waals surface area contributed by atoms with Crippen LogP contribution in [-0.4, -0.2) is 57.8 Å². The first kappa shape index (κ1) is 31.4. The summed E-state index contributed by atoms with van der Waals surface area (Å²) in [5, 5.41) is 20.4. The van der Waals surface area contributed by atoms with E-state index >= 15 is 0 Å². The molecule has 48 heavy (non-hydrogen) atoms. The summed E-state index contributed by atoms with van der Waals surface area (Å²) in [6, 6.07) is 11.6. The quantitative estimate of drug-likeness (QED) is 0.212. The molecule has 4 bridgehead atoms. The van der Waals surface area contributed by atoms with E-state index < -0.39 is 47.1 Å². The van der Waals surface area contributed by atoms with Gasteiger partial charge in [-0.25, -0.2) is 14.8 Å². The van der Waals surface area contributed by atoms with Crippen molar-refractivity contribution < 1.29 is 37.8 Å². The standard InChI is InChI=1S/C35H37N5O8/c1-6-34(44,7-2)32(43)37-22-15-18-12-13-24-20(14-18)35(19-10-8-9-11-21(19)38-33(35)47-24)27-26(29-36-23(16-46-29)31(42)45-5)40-30(48-27)25(17(3)4)39-28(22)41/h8-14,16-17,22,25,33,38,44H,6-7,15H2,1-5H3,(H,37,43)(H,39,41)/t22-,25-,33?,35?/m0/s1. The number of rotatable bonds is 7. The van der Waals surface area contributed by atoms with E-state index in [1.54, 1.807) is 13.8 Å². The van der Waals surface area contributed by atoms with Crippen molar-refractivity contribution >= 4 is 23.5 Å². The van der Waals surface area contributed by atoms with Crippen molar-refractivity contribution in [2.24, 2.45) is 5.92 Å². The summed E-state index contributed by atoms with van der Waals surface area (Å²) in [6.45, 7) is 7.27. The minimum atomic E-state index is -1.63. The fraction of sp³-hybridized carbons (Fsp3) is 0.400. The van der Waals surface area contributed by atoms with Crippen LogP contribution in [0.4, 0.5) is 5.69 Å². The molecule has 3 aliphatic heterocycles. The third kappa shape index (κ3) is 4.67. The summed E-state index contributed by atoms with van der Waals surface area (Å²) < 4.78 is 24.0. The Kier molecular flexibility index (Phi) is 7.54. The van der Waals surface area contributed by atoms with Gasteiger partial charge in [0.2, 0.25) is 17.7 Å². The van der Waals surface area contributed by atoms with Crippen LogP contribution in [0.5, 0.6) is 5.75 Å². The highest BCUT2D eigenvalue weighted by Gasteiger charge is 2.61. The Morgan fingerprint density at radius 3 is 2.62 bits per heavy atom. The number of aromatic nitrogens is 2. The lowest BCUT2D eigenvalue weighted by Crippen LogP contribution is -2.55. The Balaban J connectivity index is 1.47. The van der Waals surface area contributed by atoms with Gasteiger partial charge in [-0.3, -0.25) is 9.59 Å². The molecule has 0 saturated carbocycles. The maximum Gasteiger partial charge on any atom is 0.360 e. The molecule has 0 fully saturated rings. The van der Waals surface area contributed by atoms with Crippen molar-refractivity contribution in [1.29, 1.82) is 0 Å². The number of ether oxygens (including phenoxy) is 2. The van der Waals surface area contributed by atoms with Gasteiger partial charge in [-0.2, -0.15) is 0 Å². The monoisotopic (exact) mass is 655 g/mol. The van der Waals surface area contributed by atoms with Gasteiger partial charge in [0, 0.05) is 17.7 Å². The highest BCUT2D eigenvalue weighted by atomic mass is 16.5. The molecule has 4 atom stereocenters. The zero-order valence-corrected chi connectivity index (χ0v) is 27.2. The lowest BCUT2D eigenvalue weighted by molar-refractivity contribution is -0.143. The van der Waals surface area contributed by atoms with Gasteiger partial charge in [-0.1, -0.05) is 58.0 Å². The number of anilines is 1. The number of aliphatic hydroxyl groups is 1. The van der Waals surface area contributed by atoms with E-state index in [1.807, 2.05) is 56.3 Å². The molecule has 1 spiro atoms. The maximum absolute atomic E-state index is 14.1. The van der Waals surface area contributed by atoms with Gasteiger partial charge in [0.25, 0.3) is 5.91 Å². The van der Waals surface area contributed by atoms with E-state index in [0.29, 0.717) is 11.5 Å². The molecule has 4 aromatic rings. The van der Waals surface area contributed by atoms with Crippen molar-refractivity contribution in [3.8, 4) is 17.3 Å². The lowest BCUT2D eigenvalue weighted by atomic mass is 9.72. The maximum atomic E-state index is 14.1. The second kappa shape index (κ2) is 11.5. The number of nitrogens with one attached hydrogen (secondary N) is 3. The lowest BCUT2D eigenvalue weighted by Gasteiger charge is -2.30. The van der Waals surface area contributed by atoms with Gasteiger partial charge < -0.3 is 39.4 Å². The fourth-order valence-corrected chi connectivity index (χ4v) is 6.89. The molecule has 0 radical (unpaired) electrons. The average Bonchev–Trinajstić information content (AvgIpc) is 3.86. The Hall–Kier alpha value is -5.17. The molecule has 13 heteroatoms. The molecule has 13 nitrogen and oxygen atoms in total. The molecule has 4 N–H and O–H groups in total. The van der Waals surface area contributed by atoms with Gasteiger partial charge in [0.1, 0.15) is 35.1 Å². The molecule has 2 unspecified atom stereocenters. The van der Waals surface area contributed by atoms with Crippen molar-refractivity contribution in [3.05, 3.63) is 82.8 Å². The van der Waals surface area contributed by atoms with Gasteiger partial charge in [-0.05, 0) is 42.0 Å². The van der Waals surface area contributed by atoms with Gasteiger partial charge in [0.05, 0.1) is 7.11 Å². The second-order valence-corrected chi connectivity index (χ2v) is 12.8. The Morgan fingerprint density at radius 2 is 1.90 bits per heavy atom. The van der Waals surface area contributed by atoms with Crippen LogP contribution in [0, 0.1) is 5.92 Å². The number of nitrogens with zero attached hydrogens (tertiary/aromatic N) is 2. The Bertz CT molecular complexity index is 1930. The molecule has 2 amide bonds. The van der Waals surface area contributed by atoms with E-state index in [-0.39, 0.29) is 48.3 Å². The molecule has 5 heterocycles. The molecular weight excluding hydrogens is 618 g/mol. The van der Waals surface area contributed by atoms with Gasteiger partial charge in [-0.15, -0.1) is 0 Å². The van der Waals surface area contributed by atoms with Crippen LogP contribution in [0.3, 0.4) is 0 Å². The van der Waals surface area contributed by atoms with Crippen LogP contribution in [0.15, 0.2) is 57.6 Å². The summed E-state index contributed by atoms with van der Waals surface area (Å²) in [6.07, 6.45) is 1.04. The first-order valence-electron chi connectivity index (χ1n) is 16.1. The SMILES string of the molecule is CCC(O)(CC)C(=O)N[C@H]1Cc2ccc3c(c2)C2(c4ccccc4NC2O3)c2oc(nc2-c2nc(C(=O)OC)co2)[C@H](C(C)C)NC1=O. The van der Waals surface area contributed by atoms with Crippen LogP contribution in [-0.2, 0) is 26.2 Å². The van der Waals surface area contributed by atoms with Crippen LogP contribution < -0.4 is 20.7 Å². The predicted molar refractivity (Wildman–Crippen MR) is 171 cm³/mol. The van der Waals surface area contributed by atoms with Crippen LogP contribution in [0.25, 0.3) is 11.6 Å². The van der Waals surface area contributed by atoms with Crippen LogP contribution in [0.1, 0.15) is 85.4 Å². The van der Waals surface area contributed by atoms with E-state index in [2.05, 4.69) is 20.9 Å². The number of oxazole rings is 2. The van der Waals surface area contributed by atoms with Crippen molar-refractivity contribution in [1.82, 2.24) is 20.6 Å². The van der Waals surface area contributed by atoms with Crippen molar-refractivity contribution in [2.75, 3.05) is 12.4 Å². The molecule has 3 aliphatic rings. The topological polar surface area (TPSA) is 178 Å². The fourth-order valence-electron chi connectivity index (χ4n) is 6.89. The minimum absolute atomic E-state index is 0.0229. The van der Waals surface area contributed by atoms with E-state index in [4.69, 9.17) is 23.3 Å². The highest BCUT2D eigenvalue weighted by molar-refractivity contribution is 5.92. The molecule has 0 saturated heterocycles. The zero-order valence-electron chi connectivity index (χ0n) is 27.2. The number of methoxy groups -OCH3 is 1. The summed E-state index contributed by atoms with van der Waals surface area (Å²) in [4.78, 5) is 49.1. The molecule has 7 rings (SSSR count). The number of para-hydroxylation sites is 1. The summed E-state index contributed by atoms with van der Waals surface area (Å²) >= 11 is 0. The number of benzene rings is 2. The second-order valence-electron chi connectivity index (χ2n) is 12.8. The average molecular weight is 656 g/mol. The van der Waals surface area contributed by atoms with E-state index in [9.17, 15) is 19.5 Å². The largest absolute Gasteiger partial charge is 0.469 e. The van der Waals surface area contributed by atoms with Crippen molar-refractivity contribution in [3.63, 3.8) is 0 Å². The van der Waals surface area contributed by atoms with Gasteiger partial charge >= 0.3 is 5.97 Å². The molecular formula is C35H37N5O8. The number of hydrogen-bond donors (Lipinski definition) is 4. The van der Waals surface area contributed by atoms with Crippen LogP contribution >= 0.6 is 0 Å². The number of carbonyl (C=O) groups excluding carboxylic acids is 3. The predicted octanol–water partition coefficient (Wildman–Crippen LogP) is 4.00. The molecule has 250 valence electrons. The summed E-state index contributed by atoms with van der Waals surface area (Å²) in [7, 11) is 1.25. The zero-order chi connectivity index (χ0) is 34.0. The molecule has 2 aromatic heterocycles. The normalized spacial score (nSPS) is 22.4. The summed E-state index contributed by atoms with van der Waals surface area (Å²) in [5.74, 6) is -0.852. The number of hydrogen-bond acceptors (Lipinski definition) is 11. The highest BCUT2D eigenvalue weighted by Crippen LogP contribution is 2.59. The van der Waals surface area contributed by atoms with E-state index in [0.717, 1.165) is 22.4 Å².